The Bertz CT molecular complexity index is 821. The summed E-state index contributed by atoms with van der Waals surface area (Å²) in [6.07, 6.45) is 6.11. The van der Waals surface area contributed by atoms with Gasteiger partial charge in [0.1, 0.15) is 0 Å². The zero-order valence-corrected chi connectivity index (χ0v) is 19.8. The number of hydrogen-bond donors (Lipinski definition) is 0. The average Bonchev–Trinajstić information content (AvgIpc) is 2.85. The molecule has 1 fully saturated rings. The molecule has 1 aliphatic rings. The molecular formula is C25H35F2N3O3. The first-order chi connectivity index (χ1) is 15.8. The van der Waals surface area contributed by atoms with E-state index in [9.17, 15) is 18.4 Å². The minimum atomic E-state index is -0.736. The number of urea groups is 1. The summed E-state index contributed by atoms with van der Waals surface area (Å²) in [6, 6.07) is 6.12. The molecule has 0 aromatic heterocycles. The number of nitrogens with zero attached hydrogens (tertiary/aromatic N) is 3. The Morgan fingerprint density at radius 2 is 1.97 bits per heavy atom. The van der Waals surface area contributed by atoms with E-state index in [1.54, 1.807) is 41.1 Å². The number of piperidine rings is 1. The monoisotopic (exact) mass is 463 g/mol. The molecule has 0 aliphatic carbocycles. The van der Waals surface area contributed by atoms with Crippen molar-refractivity contribution in [1.82, 2.24) is 14.9 Å². The third-order valence-corrected chi connectivity index (χ3v) is 6.02. The lowest BCUT2D eigenvalue weighted by molar-refractivity contribution is -0.119. The Morgan fingerprint density at radius 3 is 2.55 bits per heavy atom. The van der Waals surface area contributed by atoms with Crippen LogP contribution in [0, 0.1) is 5.92 Å². The maximum absolute atomic E-state index is 13.5. The zero-order valence-electron chi connectivity index (χ0n) is 19.8. The number of alkyl halides is 2. The summed E-state index contributed by atoms with van der Waals surface area (Å²) in [6.45, 7) is 7.47. The normalized spacial score (nSPS) is 15.5. The standard InChI is InChI=1S/C25H35F2N3O3/c1-5-7-19(2)20(3)30(25(32)28(4)23-10-12-29(18-31)13-11-23)33-24-9-6-8-21(15-24)14-22(16-26)17-27/h5-9,15,18,20,22-23H,2,10-14,16-17H2,1,3-4H3/b7-5-/t20-/m0/s1. The van der Waals surface area contributed by atoms with Gasteiger partial charge in [-0.3, -0.25) is 13.6 Å². The van der Waals surface area contributed by atoms with Gasteiger partial charge in [-0.25, -0.2) is 4.79 Å². The minimum Gasteiger partial charge on any atom is -0.375 e. The number of rotatable bonds is 11. The van der Waals surface area contributed by atoms with Gasteiger partial charge in [-0.05, 0) is 56.4 Å². The quantitative estimate of drug-likeness (QED) is 0.274. The van der Waals surface area contributed by atoms with Crippen LogP contribution in [-0.4, -0.2) is 72.9 Å². The summed E-state index contributed by atoms with van der Waals surface area (Å²) in [5.41, 5.74) is 1.43. The van der Waals surface area contributed by atoms with Crippen LogP contribution in [0.1, 0.15) is 32.3 Å². The first-order valence-corrected chi connectivity index (χ1v) is 11.3. The second kappa shape index (κ2) is 13.0. The number of likely N-dealkylation sites (tertiary alicyclic amines) is 1. The molecule has 1 saturated heterocycles. The lowest BCUT2D eigenvalue weighted by atomic mass is 10.0. The minimum absolute atomic E-state index is 0.0248. The number of carbonyl (C=O) groups is 2. The molecule has 33 heavy (non-hydrogen) atoms. The van der Waals surface area contributed by atoms with Crippen molar-refractivity contribution in [2.45, 2.75) is 45.2 Å². The molecule has 0 N–H and O–H groups in total. The van der Waals surface area contributed by atoms with E-state index in [2.05, 4.69) is 6.58 Å². The molecule has 1 aromatic carbocycles. The maximum Gasteiger partial charge on any atom is 0.353 e. The van der Waals surface area contributed by atoms with Gasteiger partial charge in [-0.2, -0.15) is 0 Å². The molecule has 0 radical (unpaired) electrons. The van der Waals surface area contributed by atoms with Gasteiger partial charge in [0.05, 0.1) is 19.4 Å². The van der Waals surface area contributed by atoms with Crippen LogP contribution in [0.2, 0.25) is 0 Å². The van der Waals surface area contributed by atoms with Gasteiger partial charge in [-0.15, -0.1) is 5.06 Å². The van der Waals surface area contributed by atoms with Crippen LogP contribution in [-0.2, 0) is 11.2 Å². The van der Waals surface area contributed by atoms with Crippen molar-refractivity contribution in [1.29, 1.82) is 0 Å². The van der Waals surface area contributed by atoms with Crippen LogP contribution in [0.3, 0.4) is 0 Å². The van der Waals surface area contributed by atoms with E-state index in [0.717, 1.165) is 12.0 Å². The van der Waals surface area contributed by atoms with E-state index in [-0.39, 0.29) is 18.5 Å². The van der Waals surface area contributed by atoms with Crippen LogP contribution in [0.15, 0.2) is 48.6 Å². The molecule has 1 aromatic rings. The molecule has 3 amide bonds. The molecule has 1 atom stereocenters. The van der Waals surface area contributed by atoms with Crippen molar-refractivity contribution in [3.63, 3.8) is 0 Å². The lowest BCUT2D eigenvalue weighted by Crippen LogP contribution is -2.53. The number of benzene rings is 1. The molecule has 2 rings (SSSR count). The van der Waals surface area contributed by atoms with Crippen LogP contribution in [0.4, 0.5) is 13.6 Å². The van der Waals surface area contributed by atoms with E-state index in [1.807, 2.05) is 26.0 Å². The van der Waals surface area contributed by atoms with E-state index in [1.165, 1.54) is 5.06 Å². The van der Waals surface area contributed by atoms with Crippen molar-refractivity contribution < 1.29 is 23.2 Å². The molecular weight excluding hydrogens is 428 g/mol. The van der Waals surface area contributed by atoms with Crippen LogP contribution >= 0.6 is 0 Å². The number of hydrogen-bond acceptors (Lipinski definition) is 3. The molecule has 0 unspecified atom stereocenters. The number of allylic oxidation sites excluding steroid dienone is 1. The van der Waals surface area contributed by atoms with E-state index in [4.69, 9.17) is 4.84 Å². The van der Waals surface area contributed by atoms with Crippen molar-refractivity contribution in [2.75, 3.05) is 33.5 Å². The maximum atomic E-state index is 13.5. The third-order valence-electron chi connectivity index (χ3n) is 6.02. The second-order valence-electron chi connectivity index (χ2n) is 8.46. The Labute approximate surface area is 195 Å². The Morgan fingerprint density at radius 1 is 1.30 bits per heavy atom. The van der Waals surface area contributed by atoms with Crippen LogP contribution in [0.25, 0.3) is 0 Å². The van der Waals surface area contributed by atoms with Gasteiger partial charge in [0.25, 0.3) is 0 Å². The SMILES string of the molecule is C=C(/C=C\C)[C@H](C)N(Oc1cccc(CC(CF)CF)c1)C(=O)N(C)C1CCN(C=O)CC1. The van der Waals surface area contributed by atoms with Gasteiger partial charge < -0.3 is 14.6 Å². The van der Waals surface area contributed by atoms with Crippen LogP contribution < -0.4 is 4.84 Å². The van der Waals surface area contributed by atoms with Crippen molar-refractivity contribution >= 4 is 12.4 Å². The van der Waals surface area contributed by atoms with E-state index >= 15 is 0 Å². The summed E-state index contributed by atoms with van der Waals surface area (Å²) in [4.78, 5) is 33.9. The number of carbonyl (C=O) groups excluding carboxylic acids is 2. The smallest absolute Gasteiger partial charge is 0.353 e. The van der Waals surface area contributed by atoms with E-state index in [0.29, 0.717) is 37.3 Å². The van der Waals surface area contributed by atoms with Gasteiger partial charge >= 0.3 is 6.03 Å². The summed E-state index contributed by atoms with van der Waals surface area (Å²) in [5, 5.41) is 1.29. The van der Waals surface area contributed by atoms with Gasteiger partial charge in [0.2, 0.25) is 6.41 Å². The summed E-state index contributed by atoms with van der Waals surface area (Å²) in [7, 11) is 1.73. The first kappa shape index (κ1) is 26.4. The Kier molecular flexibility index (Phi) is 10.4. The summed E-state index contributed by atoms with van der Waals surface area (Å²) < 4.78 is 25.9. The van der Waals surface area contributed by atoms with Gasteiger partial charge in [0.15, 0.2) is 5.75 Å². The highest BCUT2D eigenvalue weighted by Gasteiger charge is 2.32. The zero-order chi connectivity index (χ0) is 24.4. The molecule has 0 spiro atoms. The van der Waals surface area contributed by atoms with Gasteiger partial charge in [0, 0.05) is 32.1 Å². The molecule has 6 nitrogen and oxygen atoms in total. The number of hydroxylamine groups is 2. The fraction of sp³-hybridized carbons (Fsp3) is 0.520. The highest BCUT2D eigenvalue weighted by atomic mass is 19.1. The Hall–Kier alpha value is -2.90. The van der Waals surface area contributed by atoms with Crippen molar-refractivity contribution in [3.8, 4) is 5.75 Å². The Balaban J connectivity index is 2.23. The lowest BCUT2D eigenvalue weighted by Gasteiger charge is -2.38. The molecule has 8 heteroatoms. The van der Waals surface area contributed by atoms with E-state index < -0.39 is 25.3 Å². The van der Waals surface area contributed by atoms with Crippen molar-refractivity contribution in [2.24, 2.45) is 5.92 Å². The van der Waals surface area contributed by atoms with Crippen LogP contribution in [0.5, 0.6) is 5.75 Å². The highest BCUT2D eigenvalue weighted by molar-refractivity contribution is 5.74. The first-order valence-electron chi connectivity index (χ1n) is 11.3. The number of amides is 3. The number of halogens is 2. The van der Waals surface area contributed by atoms with Gasteiger partial charge in [-0.1, -0.05) is 30.9 Å². The largest absolute Gasteiger partial charge is 0.375 e. The molecule has 0 saturated carbocycles. The van der Waals surface area contributed by atoms with Crippen molar-refractivity contribution in [3.05, 3.63) is 54.1 Å². The fourth-order valence-corrected chi connectivity index (χ4v) is 3.80. The third kappa shape index (κ3) is 7.30. The fourth-order valence-electron chi connectivity index (χ4n) is 3.80. The summed E-state index contributed by atoms with van der Waals surface area (Å²) in [5.74, 6) is -0.295. The predicted octanol–water partition coefficient (Wildman–Crippen LogP) is 4.57. The highest BCUT2D eigenvalue weighted by Crippen LogP contribution is 2.23. The molecule has 1 aliphatic heterocycles. The molecule has 0 bridgehead atoms. The average molecular weight is 464 g/mol. The molecule has 1 heterocycles. The molecule has 182 valence electrons. The topological polar surface area (TPSA) is 53.1 Å². The summed E-state index contributed by atoms with van der Waals surface area (Å²) >= 11 is 0. The predicted molar refractivity (Wildman–Crippen MR) is 125 cm³/mol. The second-order valence-corrected chi connectivity index (χ2v) is 8.46.